The summed E-state index contributed by atoms with van der Waals surface area (Å²) in [4.78, 5) is 41.5. The number of esters is 1. The second kappa shape index (κ2) is 11.3. The summed E-state index contributed by atoms with van der Waals surface area (Å²) in [5, 5.41) is 3.56. The molecule has 11 heteroatoms. The van der Waals surface area contributed by atoms with E-state index in [1.165, 1.54) is 45.7 Å². The maximum Gasteiger partial charge on any atom is 0.410 e. The number of carbonyl (C=O) groups is 3. The number of halogens is 1. The molecule has 8 nitrogen and oxygen atoms in total. The first kappa shape index (κ1) is 25.9. The molecule has 2 N–H and O–H groups in total. The highest BCUT2D eigenvalue weighted by atomic mass is 33.1. The maximum absolute atomic E-state index is 14.1. The molecule has 4 rings (SSSR count). The first-order valence-corrected chi connectivity index (χ1v) is 13.9. The second-order valence-corrected chi connectivity index (χ2v) is 10.9. The lowest BCUT2D eigenvalue weighted by atomic mass is 9.99. The zero-order chi connectivity index (χ0) is 25.8. The fourth-order valence-electron chi connectivity index (χ4n) is 4.18. The normalized spacial score (nSPS) is 13.6. The van der Waals surface area contributed by atoms with Crippen LogP contribution in [-0.4, -0.2) is 66.7 Å². The number of amides is 2. The summed E-state index contributed by atoms with van der Waals surface area (Å²) >= 11 is 0. The highest BCUT2D eigenvalue weighted by Gasteiger charge is 2.26. The van der Waals surface area contributed by atoms with Gasteiger partial charge in [-0.15, -0.1) is 0 Å². The Morgan fingerprint density at radius 3 is 2.67 bits per heavy atom. The van der Waals surface area contributed by atoms with E-state index < -0.39 is 24.0 Å². The Hall–Kier alpha value is -3.18. The third kappa shape index (κ3) is 5.46. The molecule has 190 valence electrons. The van der Waals surface area contributed by atoms with Crippen LogP contribution in [0.2, 0.25) is 0 Å². The SMILES string of the molecule is COC(=O)[C@@H](CSSC)OC(=O)N(C)Cc1ccc(-c2[nH]c3cc(F)cc4c3c2CCNC4=O)cc1. The summed E-state index contributed by atoms with van der Waals surface area (Å²) in [5.74, 6) is -1.06. The second-order valence-electron chi connectivity index (χ2n) is 8.26. The third-order valence-electron chi connectivity index (χ3n) is 5.89. The van der Waals surface area contributed by atoms with Crippen molar-refractivity contribution in [2.75, 3.05) is 32.7 Å². The van der Waals surface area contributed by atoms with Crippen LogP contribution < -0.4 is 5.32 Å². The predicted molar refractivity (Wildman–Crippen MR) is 139 cm³/mol. The molecule has 0 fully saturated rings. The van der Waals surface area contributed by atoms with Crippen molar-refractivity contribution in [1.29, 1.82) is 0 Å². The van der Waals surface area contributed by atoms with Crippen molar-refractivity contribution in [2.24, 2.45) is 0 Å². The molecule has 2 amide bonds. The van der Waals surface area contributed by atoms with Gasteiger partial charge in [0.2, 0.25) is 6.10 Å². The number of aromatic amines is 1. The number of rotatable bonds is 8. The Morgan fingerprint density at radius 1 is 1.22 bits per heavy atom. The van der Waals surface area contributed by atoms with E-state index in [9.17, 15) is 18.8 Å². The summed E-state index contributed by atoms with van der Waals surface area (Å²) in [6, 6.07) is 10.3. The van der Waals surface area contributed by atoms with E-state index in [1.807, 2.05) is 30.5 Å². The molecule has 0 bridgehead atoms. The van der Waals surface area contributed by atoms with E-state index >= 15 is 0 Å². The third-order valence-corrected chi connectivity index (χ3v) is 7.68. The van der Waals surface area contributed by atoms with Crippen LogP contribution >= 0.6 is 21.6 Å². The number of carbonyl (C=O) groups excluding carboxylic acids is 3. The number of H-pyrrole nitrogens is 1. The molecule has 36 heavy (non-hydrogen) atoms. The van der Waals surface area contributed by atoms with Crippen LogP contribution in [0.5, 0.6) is 0 Å². The molecule has 3 aromatic rings. The number of aromatic nitrogens is 1. The van der Waals surface area contributed by atoms with E-state index in [4.69, 9.17) is 9.47 Å². The summed E-state index contributed by atoms with van der Waals surface area (Å²) in [6.07, 6.45) is 0.881. The van der Waals surface area contributed by atoms with Crippen LogP contribution in [0.1, 0.15) is 21.5 Å². The Morgan fingerprint density at radius 2 is 1.97 bits per heavy atom. The molecule has 2 aromatic carbocycles. The molecule has 0 saturated carbocycles. The van der Waals surface area contributed by atoms with Gasteiger partial charge < -0.3 is 24.7 Å². The quantitative estimate of drug-likeness (QED) is 0.329. The van der Waals surface area contributed by atoms with Crippen molar-refractivity contribution >= 4 is 50.5 Å². The van der Waals surface area contributed by atoms with E-state index in [-0.39, 0.29) is 12.5 Å². The van der Waals surface area contributed by atoms with Crippen LogP contribution in [-0.2, 0) is 27.2 Å². The lowest BCUT2D eigenvalue weighted by Gasteiger charge is -2.21. The van der Waals surface area contributed by atoms with Crippen molar-refractivity contribution in [2.45, 2.75) is 19.1 Å². The number of nitrogens with one attached hydrogen (secondary N) is 2. The molecule has 1 aliphatic rings. The molecule has 0 saturated heterocycles. The summed E-state index contributed by atoms with van der Waals surface area (Å²) < 4.78 is 24.2. The van der Waals surface area contributed by atoms with Gasteiger partial charge in [-0.2, -0.15) is 0 Å². The minimum Gasteiger partial charge on any atom is -0.466 e. The van der Waals surface area contributed by atoms with E-state index in [2.05, 4.69) is 10.3 Å². The Balaban J connectivity index is 1.51. The molecule has 0 spiro atoms. The topological polar surface area (TPSA) is 101 Å². The zero-order valence-corrected chi connectivity index (χ0v) is 21.7. The van der Waals surface area contributed by atoms with Crippen LogP contribution in [0.3, 0.4) is 0 Å². The Labute approximate surface area is 215 Å². The van der Waals surface area contributed by atoms with Gasteiger partial charge in [-0.05, 0) is 41.5 Å². The van der Waals surface area contributed by atoms with Crippen LogP contribution in [0.25, 0.3) is 22.2 Å². The van der Waals surface area contributed by atoms with Crippen molar-refractivity contribution < 1.29 is 28.2 Å². The molecule has 1 atom stereocenters. The highest BCUT2D eigenvalue weighted by Crippen LogP contribution is 2.35. The Kier molecular flexibility index (Phi) is 8.10. The lowest BCUT2D eigenvalue weighted by molar-refractivity contribution is -0.149. The number of benzene rings is 2. The molecule has 0 aliphatic carbocycles. The standard InChI is InChI=1S/C25H26FN3O5S2/c1-29(25(32)34-20(13-36-35-3)24(31)33-2)12-14-4-6-15(7-5-14)22-17-8-9-27-23(30)18-10-16(26)11-19(28-22)21(17)18/h4-7,10-11,20,28H,8-9,12-13H2,1-3H3,(H,27,30)/t20-/m1/s1. The number of hydrogen-bond donors (Lipinski definition) is 2. The first-order valence-electron chi connectivity index (χ1n) is 11.2. The number of nitrogens with zero attached hydrogens (tertiary/aromatic N) is 1. The summed E-state index contributed by atoms with van der Waals surface area (Å²) in [5.41, 5.74) is 4.45. The van der Waals surface area contributed by atoms with Gasteiger partial charge >= 0.3 is 12.1 Å². The van der Waals surface area contributed by atoms with E-state index in [1.54, 1.807) is 7.05 Å². The lowest BCUT2D eigenvalue weighted by Crippen LogP contribution is -2.36. The summed E-state index contributed by atoms with van der Waals surface area (Å²) in [7, 11) is 5.72. The molecule has 0 unspecified atom stereocenters. The zero-order valence-electron chi connectivity index (χ0n) is 20.1. The van der Waals surface area contributed by atoms with Gasteiger partial charge in [0.1, 0.15) is 5.82 Å². The molecule has 1 aromatic heterocycles. The summed E-state index contributed by atoms with van der Waals surface area (Å²) in [6.45, 7) is 0.734. The number of methoxy groups -OCH3 is 1. The van der Waals surface area contributed by atoms with Crippen LogP contribution in [0.15, 0.2) is 36.4 Å². The van der Waals surface area contributed by atoms with E-state index in [0.717, 1.165) is 27.8 Å². The van der Waals surface area contributed by atoms with Crippen LogP contribution in [0.4, 0.5) is 9.18 Å². The average Bonchev–Trinajstić information content (AvgIpc) is 3.14. The number of ether oxygens (including phenoxy) is 2. The molecule has 1 aliphatic heterocycles. The van der Waals surface area contributed by atoms with Crippen molar-refractivity contribution in [1.82, 2.24) is 15.2 Å². The molecule has 2 heterocycles. The minimum absolute atomic E-state index is 0.274. The fraction of sp³-hybridized carbons (Fsp3) is 0.320. The Bertz CT molecular complexity index is 1300. The number of hydrogen-bond acceptors (Lipinski definition) is 7. The highest BCUT2D eigenvalue weighted by molar-refractivity contribution is 8.76. The van der Waals surface area contributed by atoms with Crippen LogP contribution in [0, 0.1) is 5.82 Å². The maximum atomic E-state index is 14.1. The van der Waals surface area contributed by atoms with Crippen molar-refractivity contribution in [3.63, 3.8) is 0 Å². The fourth-order valence-corrected chi connectivity index (χ4v) is 5.42. The monoisotopic (exact) mass is 531 g/mol. The minimum atomic E-state index is -0.982. The smallest absolute Gasteiger partial charge is 0.410 e. The molecular formula is C25H26FN3O5S2. The van der Waals surface area contributed by atoms with Gasteiger partial charge in [0.25, 0.3) is 5.91 Å². The van der Waals surface area contributed by atoms with Gasteiger partial charge in [-0.1, -0.05) is 45.9 Å². The van der Waals surface area contributed by atoms with Gasteiger partial charge in [-0.3, -0.25) is 4.79 Å². The van der Waals surface area contributed by atoms with Gasteiger partial charge in [-0.25, -0.2) is 14.0 Å². The molecule has 0 radical (unpaired) electrons. The van der Waals surface area contributed by atoms with Gasteiger partial charge in [0.05, 0.1) is 18.4 Å². The molecular weight excluding hydrogens is 505 g/mol. The van der Waals surface area contributed by atoms with E-state index in [0.29, 0.717) is 29.8 Å². The van der Waals surface area contributed by atoms with Crippen molar-refractivity contribution in [3.8, 4) is 11.3 Å². The predicted octanol–water partition coefficient (Wildman–Crippen LogP) is 4.38. The largest absolute Gasteiger partial charge is 0.466 e. The average molecular weight is 532 g/mol. The van der Waals surface area contributed by atoms with Gasteiger partial charge in [0.15, 0.2) is 0 Å². The first-order chi connectivity index (χ1) is 17.3. The van der Waals surface area contributed by atoms with Gasteiger partial charge in [0, 0.05) is 36.7 Å². The van der Waals surface area contributed by atoms with Crippen molar-refractivity contribution in [3.05, 3.63) is 58.9 Å².